The molecule has 3 aliphatic rings. The van der Waals surface area contributed by atoms with Gasteiger partial charge in [0.25, 0.3) is 11.8 Å². The summed E-state index contributed by atoms with van der Waals surface area (Å²) in [5.74, 6) is 0.470. The number of fused-ring (bicyclic) bond motifs is 2. The Balaban J connectivity index is 1.43. The first-order valence-electron chi connectivity index (χ1n) is 10.8. The zero-order valence-electron chi connectivity index (χ0n) is 17.0. The molecule has 0 radical (unpaired) electrons. The number of amides is 2. The summed E-state index contributed by atoms with van der Waals surface area (Å²) in [6, 6.07) is 9.57. The Morgan fingerprint density at radius 3 is 2.70 bits per heavy atom. The van der Waals surface area contributed by atoms with E-state index in [4.69, 9.17) is 9.47 Å². The fourth-order valence-corrected chi connectivity index (χ4v) is 5.65. The smallest absolute Gasteiger partial charge is 0.268 e. The molecular weight excluding hydrogens is 400 g/mol. The topological polar surface area (TPSA) is 59.1 Å². The molecule has 0 N–H and O–H groups in total. The maximum absolute atomic E-state index is 13.5. The van der Waals surface area contributed by atoms with Crippen molar-refractivity contribution in [2.24, 2.45) is 0 Å². The standard InChI is InChI=1S/C23H26N2O4S/c26-22(24-10-12-28-13-11-24)19-15-25(17-7-4-5-8-18(17)29-19)23(27)21-14-16-6-2-1-3-9-20(16)30-21/h4-5,7-8,14,19H,1-3,6,9-13,15H2/t19-/m1/s1. The van der Waals surface area contributed by atoms with Gasteiger partial charge in [0.1, 0.15) is 5.75 Å². The molecule has 5 rings (SSSR count). The Bertz CT molecular complexity index is 927. The van der Waals surface area contributed by atoms with Crippen LogP contribution < -0.4 is 9.64 Å². The van der Waals surface area contributed by atoms with Gasteiger partial charge in [-0.05, 0) is 49.4 Å². The van der Waals surface area contributed by atoms with Crippen LogP contribution in [-0.4, -0.2) is 55.7 Å². The van der Waals surface area contributed by atoms with Gasteiger partial charge in [0.15, 0.2) is 6.10 Å². The summed E-state index contributed by atoms with van der Waals surface area (Å²) in [6.07, 6.45) is 5.06. The molecule has 2 aromatic rings. The number of nitrogens with zero attached hydrogens (tertiary/aromatic N) is 2. The second kappa shape index (κ2) is 8.40. The van der Waals surface area contributed by atoms with E-state index in [0.29, 0.717) is 32.1 Å². The molecule has 30 heavy (non-hydrogen) atoms. The largest absolute Gasteiger partial charge is 0.476 e. The van der Waals surface area contributed by atoms with Gasteiger partial charge in [-0.2, -0.15) is 0 Å². The van der Waals surface area contributed by atoms with Crippen LogP contribution in [0.4, 0.5) is 5.69 Å². The number of thiophene rings is 1. The number of carbonyl (C=O) groups is 2. The number of anilines is 1. The predicted octanol–water partition coefficient (Wildman–Crippen LogP) is 3.28. The molecule has 2 aliphatic heterocycles. The Morgan fingerprint density at radius 2 is 1.83 bits per heavy atom. The van der Waals surface area contributed by atoms with Crippen molar-refractivity contribution in [3.63, 3.8) is 0 Å². The van der Waals surface area contributed by atoms with E-state index in [1.165, 1.54) is 29.7 Å². The predicted molar refractivity (Wildman–Crippen MR) is 116 cm³/mol. The molecule has 1 saturated heterocycles. The summed E-state index contributed by atoms with van der Waals surface area (Å²) in [4.78, 5) is 32.2. The van der Waals surface area contributed by atoms with Gasteiger partial charge in [0.2, 0.25) is 0 Å². The maximum atomic E-state index is 13.5. The van der Waals surface area contributed by atoms with Crippen molar-refractivity contribution in [2.45, 2.75) is 38.2 Å². The van der Waals surface area contributed by atoms with Gasteiger partial charge in [0.05, 0.1) is 30.3 Å². The first-order chi connectivity index (χ1) is 14.7. The summed E-state index contributed by atoms with van der Waals surface area (Å²) < 4.78 is 11.4. The minimum absolute atomic E-state index is 0.0383. The Kier molecular flexibility index (Phi) is 5.48. The lowest BCUT2D eigenvalue weighted by molar-refractivity contribution is -0.142. The van der Waals surface area contributed by atoms with Crippen LogP contribution >= 0.6 is 11.3 Å². The third-order valence-electron chi connectivity index (χ3n) is 6.07. The molecule has 3 heterocycles. The number of hydrogen-bond donors (Lipinski definition) is 0. The van der Waals surface area contributed by atoms with E-state index < -0.39 is 6.10 Å². The molecule has 6 nitrogen and oxygen atoms in total. The molecule has 0 bridgehead atoms. The first-order valence-corrected chi connectivity index (χ1v) is 11.6. The summed E-state index contributed by atoms with van der Waals surface area (Å²) in [7, 11) is 0. The van der Waals surface area contributed by atoms with E-state index >= 15 is 0 Å². The summed E-state index contributed by atoms with van der Waals surface area (Å²) >= 11 is 1.62. The SMILES string of the molecule is O=C([C@H]1CN(C(=O)c2cc3c(s2)CCCCC3)c2ccccc2O1)N1CCOCC1. The highest BCUT2D eigenvalue weighted by molar-refractivity contribution is 7.14. The molecule has 158 valence electrons. The third kappa shape index (κ3) is 3.72. The molecule has 0 unspecified atom stereocenters. The Morgan fingerprint density at radius 1 is 1.03 bits per heavy atom. The molecule has 0 spiro atoms. The van der Waals surface area contributed by atoms with Crippen molar-refractivity contribution < 1.29 is 19.1 Å². The summed E-state index contributed by atoms with van der Waals surface area (Å²) in [5.41, 5.74) is 2.06. The summed E-state index contributed by atoms with van der Waals surface area (Å²) in [5, 5.41) is 0. The van der Waals surface area contributed by atoms with Gasteiger partial charge in [0, 0.05) is 18.0 Å². The van der Waals surface area contributed by atoms with Crippen LogP contribution in [0.3, 0.4) is 0 Å². The fraction of sp³-hybridized carbons (Fsp3) is 0.478. The van der Waals surface area contributed by atoms with Crippen molar-refractivity contribution in [3.05, 3.63) is 45.6 Å². The molecule has 1 aromatic carbocycles. The van der Waals surface area contributed by atoms with E-state index in [2.05, 4.69) is 6.07 Å². The second-order valence-corrected chi connectivity index (χ2v) is 9.18. The maximum Gasteiger partial charge on any atom is 0.268 e. The number of aryl methyl sites for hydroxylation is 2. The van der Waals surface area contributed by atoms with Gasteiger partial charge in [-0.15, -0.1) is 11.3 Å². The van der Waals surface area contributed by atoms with Crippen molar-refractivity contribution >= 4 is 28.8 Å². The quantitative estimate of drug-likeness (QED) is 0.692. The normalized spacial score (nSPS) is 21.3. The fourth-order valence-electron chi connectivity index (χ4n) is 4.45. The third-order valence-corrected chi connectivity index (χ3v) is 7.30. The molecule has 0 saturated carbocycles. The number of rotatable bonds is 2. The molecule has 1 atom stereocenters. The lowest BCUT2D eigenvalue weighted by Gasteiger charge is -2.37. The van der Waals surface area contributed by atoms with Gasteiger partial charge in [-0.1, -0.05) is 18.6 Å². The zero-order chi connectivity index (χ0) is 20.5. The molecular formula is C23H26N2O4S. The van der Waals surface area contributed by atoms with Crippen molar-refractivity contribution in [2.75, 3.05) is 37.7 Å². The number of benzene rings is 1. The second-order valence-electron chi connectivity index (χ2n) is 8.05. The highest BCUT2D eigenvalue weighted by atomic mass is 32.1. The Hall–Kier alpha value is -2.38. The molecule has 1 aliphatic carbocycles. The number of ether oxygens (including phenoxy) is 2. The van der Waals surface area contributed by atoms with Gasteiger partial charge in [-0.25, -0.2) is 0 Å². The number of carbonyl (C=O) groups excluding carboxylic acids is 2. The van der Waals surface area contributed by atoms with Crippen LogP contribution in [0.2, 0.25) is 0 Å². The molecule has 1 aromatic heterocycles. The number of morpholine rings is 1. The molecule has 2 amide bonds. The zero-order valence-corrected chi connectivity index (χ0v) is 17.8. The number of para-hydroxylation sites is 2. The van der Waals surface area contributed by atoms with Crippen molar-refractivity contribution in [1.29, 1.82) is 0 Å². The first kappa shape index (κ1) is 19.6. The lowest BCUT2D eigenvalue weighted by atomic mass is 10.1. The van der Waals surface area contributed by atoms with Gasteiger partial charge >= 0.3 is 0 Å². The highest BCUT2D eigenvalue weighted by Gasteiger charge is 2.37. The van der Waals surface area contributed by atoms with Crippen LogP contribution in [0.25, 0.3) is 0 Å². The van der Waals surface area contributed by atoms with Crippen LogP contribution in [0, 0.1) is 0 Å². The minimum atomic E-state index is -0.695. The van der Waals surface area contributed by atoms with Gasteiger partial charge < -0.3 is 14.4 Å². The van der Waals surface area contributed by atoms with Crippen LogP contribution in [-0.2, 0) is 22.4 Å². The van der Waals surface area contributed by atoms with Gasteiger partial charge in [-0.3, -0.25) is 14.5 Å². The highest BCUT2D eigenvalue weighted by Crippen LogP contribution is 2.36. The van der Waals surface area contributed by atoms with E-state index in [1.807, 2.05) is 24.3 Å². The average Bonchev–Trinajstić information content (AvgIpc) is 3.08. The average molecular weight is 427 g/mol. The Labute approximate surface area is 180 Å². The van der Waals surface area contributed by atoms with Crippen LogP contribution in [0.5, 0.6) is 5.75 Å². The van der Waals surface area contributed by atoms with E-state index in [1.54, 1.807) is 21.1 Å². The lowest BCUT2D eigenvalue weighted by Crippen LogP contribution is -2.54. The minimum Gasteiger partial charge on any atom is -0.476 e. The van der Waals surface area contributed by atoms with Crippen molar-refractivity contribution in [3.8, 4) is 5.75 Å². The van der Waals surface area contributed by atoms with Crippen LogP contribution in [0.15, 0.2) is 30.3 Å². The van der Waals surface area contributed by atoms with E-state index in [-0.39, 0.29) is 18.4 Å². The van der Waals surface area contributed by atoms with E-state index in [9.17, 15) is 9.59 Å². The molecule has 7 heteroatoms. The monoisotopic (exact) mass is 426 g/mol. The summed E-state index contributed by atoms with van der Waals surface area (Å²) in [6.45, 7) is 2.43. The molecule has 1 fully saturated rings. The van der Waals surface area contributed by atoms with E-state index in [0.717, 1.165) is 23.4 Å². The number of hydrogen-bond acceptors (Lipinski definition) is 5. The van der Waals surface area contributed by atoms with Crippen molar-refractivity contribution in [1.82, 2.24) is 4.90 Å². The van der Waals surface area contributed by atoms with Crippen LogP contribution in [0.1, 0.15) is 39.4 Å².